The predicted octanol–water partition coefficient (Wildman–Crippen LogP) is 5.18. The van der Waals surface area contributed by atoms with Gasteiger partial charge in [-0.1, -0.05) is 30.3 Å². The number of nitrogens with zero attached hydrogens (tertiary/aromatic N) is 3. The molecule has 3 rings (SSSR count). The molecule has 6 nitrogen and oxygen atoms in total. The molecule has 0 atom stereocenters. The van der Waals surface area contributed by atoms with Crippen molar-refractivity contribution in [3.63, 3.8) is 0 Å². The first-order valence-corrected chi connectivity index (χ1v) is 9.04. The molecule has 1 aromatic heterocycles. The SMILES string of the molecule is CCOc1ccccc1/C=C(\C#N)c1nc(-c2cccc([N+](=O)[O-])c2)cs1. The van der Waals surface area contributed by atoms with E-state index >= 15 is 0 Å². The second-order valence-electron chi connectivity index (χ2n) is 5.49. The molecular formula is C20H15N3O3S. The Morgan fingerprint density at radius 1 is 1.33 bits per heavy atom. The van der Waals surface area contributed by atoms with Gasteiger partial charge in [-0.3, -0.25) is 10.1 Å². The molecule has 3 aromatic rings. The second-order valence-corrected chi connectivity index (χ2v) is 6.34. The van der Waals surface area contributed by atoms with E-state index in [1.54, 1.807) is 23.6 Å². The predicted molar refractivity (Wildman–Crippen MR) is 105 cm³/mol. The van der Waals surface area contributed by atoms with Gasteiger partial charge in [0.15, 0.2) is 0 Å². The Balaban J connectivity index is 1.96. The van der Waals surface area contributed by atoms with E-state index in [2.05, 4.69) is 11.1 Å². The van der Waals surface area contributed by atoms with Crippen molar-refractivity contribution < 1.29 is 9.66 Å². The summed E-state index contributed by atoms with van der Waals surface area (Å²) in [6, 6.07) is 15.9. The molecule has 0 radical (unpaired) electrons. The van der Waals surface area contributed by atoms with E-state index in [4.69, 9.17) is 4.74 Å². The molecule has 0 aliphatic heterocycles. The van der Waals surface area contributed by atoms with Gasteiger partial charge in [-0.05, 0) is 19.1 Å². The zero-order chi connectivity index (χ0) is 19.2. The van der Waals surface area contributed by atoms with Gasteiger partial charge < -0.3 is 4.74 Å². The fourth-order valence-corrected chi connectivity index (χ4v) is 3.29. The lowest BCUT2D eigenvalue weighted by Crippen LogP contribution is -1.93. The maximum Gasteiger partial charge on any atom is 0.270 e. The van der Waals surface area contributed by atoms with Crippen molar-refractivity contribution in [2.24, 2.45) is 0 Å². The second kappa shape index (κ2) is 8.25. The highest BCUT2D eigenvalue weighted by atomic mass is 32.1. The molecule has 0 aliphatic rings. The first kappa shape index (κ1) is 18.3. The van der Waals surface area contributed by atoms with Crippen LogP contribution in [-0.2, 0) is 0 Å². The first-order valence-electron chi connectivity index (χ1n) is 8.16. The standard InChI is InChI=1S/C20H15N3O3S/c1-2-26-19-9-4-3-6-15(19)10-16(12-21)20-22-18(13-27-20)14-7-5-8-17(11-14)23(24)25/h3-11,13H,2H2,1H3/b16-10+. The van der Waals surface area contributed by atoms with Crippen molar-refractivity contribution in [2.45, 2.75) is 6.92 Å². The zero-order valence-electron chi connectivity index (χ0n) is 14.5. The van der Waals surface area contributed by atoms with Crippen molar-refractivity contribution in [1.82, 2.24) is 4.98 Å². The molecule has 0 bridgehead atoms. The van der Waals surface area contributed by atoms with Crippen molar-refractivity contribution in [1.29, 1.82) is 5.26 Å². The van der Waals surface area contributed by atoms with Crippen LogP contribution in [0.15, 0.2) is 53.9 Å². The number of benzene rings is 2. The molecule has 0 unspecified atom stereocenters. The summed E-state index contributed by atoms with van der Waals surface area (Å²) in [5.41, 5.74) is 2.44. The van der Waals surface area contributed by atoms with E-state index < -0.39 is 4.92 Å². The van der Waals surface area contributed by atoms with E-state index in [0.29, 0.717) is 34.2 Å². The van der Waals surface area contributed by atoms with Crippen LogP contribution < -0.4 is 4.74 Å². The largest absolute Gasteiger partial charge is 0.493 e. The molecule has 0 N–H and O–H groups in total. The third-order valence-corrected chi connectivity index (χ3v) is 4.60. The average molecular weight is 377 g/mol. The molecule has 0 amide bonds. The Labute approximate surface area is 160 Å². The summed E-state index contributed by atoms with van der Waals surface area (Å²) in [5, 5.41) is 22.9. The Hall–Kier alpha value is -3.50. The molecule has 0 aliphatic carbocycles. The number of allylic oxidation sites excluding steroid dienone is 1. The van der Waals surface area contributed by atoms with Gasteiger partial charge in [0.05, 0.1) is 22.8 Å². The number of non-ortho nitro benzene ring substituents is 1. The highest BCUT2D eigenvalue weighted by molar-refractivity contribution is 7.11. The van der Waals surface area contributed by atoms with E-state index in [9.17, 15) is 15.4 Å². The van der Waals surface area contributed by atoms with Gasteiger partial charge in [0.25, 0.3) is 5.69 Å². The van der Waals surface area contributed by atoms with Crippen LogP contribution in [0.25, 0.3) is 22.9 Å². The smallest absolute Gasteiger partial charge is 0.270 e. The topological polar surface area (TPSA) is 89.0 Å². The number of hydrogen-bond acceptors (Lipinski definition) is 6. The Morgan fingerprint density at radius 2 is 2.15 bits per heavy atom. The molecule has 27 heavy (non-hydrogen) atoms. The molecule has 134 valence electrons. The number of hydrogen-bond donors (Lipinski definition) is 0. The van der Waals surface area contributed by atoms with Crippen LogP contribution in [0.5, 0.6) is 5.75 Å². The summed E-state index contributed by atoms with van der Waals surface area (Å²) >= 11 is 1.32. The van der Waals surface area contributed by atoms with E-state index in [0.717, 1.165) is 5.56 Å². The maximum absolute atomic E-state index is 11.0. The normalized spacial score (nSPS) is 11.0. The summed E-state index contributed by atoms with van der Waals surface area (Å²) in [6.07, 6.45) is 1.74. The van der Waals surface area contributed by atoms with Crippen LogP contribution in [0.2, 0.25) is 0 Å². The zero-order valence-corrected chi connectivity index (χ0v) is 15.3. The van der Waals surface area contributed by atoms with Gasteiger partial charge >= 0.3 is 0 Å². The van der Waals surface area contributed by atoms with Crippen LogP contribution >= 0.6 is 11.3 Å². The molecule has 2 aromatic carbocycles. The monoisotopic (exact) mass is 377 g/mol. The van der Waals surface area contributed by atoms with Crippen LogP contribution in [0, 0.1) is 21.4 Å². The Morgan fingerprint density at radius 3 is 2.89 bits per heavy atom. The van der Waals surface area contributed by atoms with Crippen LogP contribution in [0.3, 0.4) is 0 Å². The van der Waals surface area contributed by atoms with Crippen LogP contribution in [0.1, 0.15) is 17.5 Å². The maximum atomic E-state index is 11.0. The Kier molecular flexibility index (Phi) is 5.59. The lowest BCUT2D eigenvalue weighted by atomic mass is 10.1. The van der Waals surface area contributed by atoms with Crippen molar-refractivity contribution >= 4 is 28.7 Å². The quantitative estimate of drug-likeness (QED) is 0.335. The van der Waals surface area contributed by atoms with Crippen LogP contribution in [0.4, 0.5) is 5.69 Å². The van der Waals surface area contributed by atoms with Gasteiger partial charge in [0.1, 0.15) is 16.8 Å². The Bertz CT molecular complexity index is 1050. The van der Waals surface area contributed by atoms with E-state index in [1.807, 2.05) is 31.2 Å². The molecule has 7 heteroatoms. The molecule has 0 saturated heterocycles. The molecular weight excluding hydrogens is 362 g/mol. The number of rotatable bonds is 6. The lowest BCUT2D eigenvalue weighted by Gasteiger charge is -2.06. The minimum absolute atomic E-state index is 0.00346. The number of nitriles is 1. The highest BCUT2D eigenvalue weighted by Crippen LogP contribution is 2.30. The van der Waals surface area contributed by atoms with Gasteiger partial charge in [-0.2, -0.15) is 5.26 Å². The third-order valence-electron chi connectivity index (χ3n) is 3.73. The summed E-state index contributed by atoms with van der Waals surface area (Å²) < 4.78 is 5.59. The summed E-state index contributed by atoms with van der Waals surface area (Å²) in [6.45, 7) is 2.43. The summed E-state index contributed by atoms with van der Waals surface area (Å²) in [7, 11) is 0. The van der Waals surface area contributed by atoms with Gasteiger partial charge in [0, 0.05) is 28.6 Å². The minimum atomic E-state index is -0.442. The van der Waals surface area contributed by atoms with Gasteiger partial charge in [0.2, 0.25) is 0 Å². The molecule has 1 heterocycles. The average Bonchev–Trinajstić information content (AvgIpc) is 3.17. The van der Waals surface area contributed by atoms with Crippen molar-refractivity contribution in [2.75, 3.05) is 6.61 Å². The molecule has 0 spiro atoms. The fourth-order valence-electron chi connectivity index (χ4n) is 2.49. The van der Waals surface area contributed by atoms with Crippen molar-refractivity contribution in [3.05, 3.63) is 74.6 Å². The van der Waals surface area contributed by atoms with Crippen LogP contribution in [-0.4, -0.2) is 16.5 Å². The molecule has 0 fully saturated rings. The molecule has 0 saturated carbocycles. The fraction of sp³-hybridized carbons (Fsp3) is 0.100. The highest BCUT2D eigenvalue weighted by Gasteiger charge is 2.13. The summed E-state index contributed by atoms with van der Waals surface area (Å²) in [5.74, 6) is 0.697. The number of thiazole rings is 1. The third kappa shape index (κ3) is 4.19. The number of nitro groups is 1. The number of nitro benzene ring substituents is 1. The number of para-hydroxylation sites is 1. The van der Waals surface area contributed by atoms with Gasteiger partial charge in [-0.15, -0.1) is 11.3 Å². The first-order chi connectivity index (χ1) is 13.1. The van der Waals surface area contributed by atoms with E-state index in [-0.39, 0.29) is 5.69 Å². The minimum Gasteiger partial charge on any atom is -0.493 e. The lowest BCUT2D eigenvalue weighted by molar-refractivity contribution is -0.384. The van der Waals surface area contributed by atoms with Crippen molar-refractivity contribution in [3.8, 4) is 23.1 Å². The number of ether oxygens (including phenoxy) is 1. The van der Waals surface area contributed by atoms with Gasteiger partial charge in [-0.25, -0.2) is 4.98 Å². The summed E-state index contributed by atoms with van der Waals surface area (Å²) in [4.78, 5) is 15.0. The van der Waals surface area contributed by atoms with E-state index in [1.165, 1.54) is 23.5 Å². The number of aromatic nitrogens is 1.